The normalized spacial score (nSPS) is 11.3. The largest absolute Gasteiger partial charge is 0.416 e. The molecule has 2 rings (SSSR count). The van der Waals surface area contributed by atoms with Crippen molar-refractivity contribution in [2.45, 2.75) is 37.8 Å². The standard InChI is InChI=1S/C18H21F3N4O3S/c1-2-6-22-15(27)9-25-14(10-26)8-23-17(25)29-11-16(28)24-13-5-3-4-12(7-13)18(19,20)21/h3-5,7-8,26H,2,6,9-11H2,1H3,(H,22,27)(H,24,28). The van der Waals surface area contributed by atoms with Gasteiger partial charge in [-0.05, 0) is 24.6 Å². The summed E-state index contributed by atoms with van der Waals surface area (Å²) in [5.74, 6) is -0.908. The third-order valence-electron chi connectivity index (χ3n) is 3.74. The molecular weight excluding hydrogens is 409 g/mol. The summed E-state index contributed by atoms with van der Waals surface area (Å²) in [7, 11) is 0. The summed E-state index contributed by atoms with van der Waals surface area (Å²) in [4.78, 5) is 28.2. The fraction of sp³-hybridized carbons (Fsp3) is 0.389. The van der Waals surface area contributed by atoms with Crippen LogP contribution in [0.15, 0.2) is 35.6 Å². The number of halogens is 3. The van der Waals surface area contributed by atoms with Crippen LogP contribution in [0.4, 0.5) is 18.9 Å². The lowest BCUT2D eigenvalue weighted by molar-refractivity contribution is -0.137. The van der Waals surface area contributed by atoms with Crippen LogP contribution in [-0.4, -0.2) is 38.8 Å². The second-order valence-electron chi connectivity index (χ2n) is 6.04. The van der Waals surface area contributed by atoms with Gasteiger partial charge in [0.2, 0.25) is 11.8 Å². The number of aromatic nitrogens is 2. The number of anilines is 1. The molecule has 0 aliphatic heterocycles. The number of hydrogen-bond donors (Lipinski definition) is 3. The van der Waals surface area contributed by atoms with Crippen LogP contribution in [0.25, 0.3) is 0 Å². The van der Waals surface area contributed by atoms with E-state index >= 15 is 0 Å². The van der Waals surface area contributed by atoms with Crippen molar-refractivity contribution < 1.29 is 27.9 Å². The zero-order valence-corrected chi connectivity index (χ0v) is 16.4. The van der Waals surface area contributed by atoms with Crippen molar-refractivity contribution in [2.24, 2.45) is 0 Å². The van der Waals surface area contributed by atoms with Gasteiger partial charge in [0, 0.05) is 12.2 Å². The van der Waals surface area contributed by atoms with Crippen molar-refractivity contribution in [3.63, 3.8) is 0 Å². The summed E-state index contributed by atoms with van der Waals surface area (Å²) in [5, 5.41) is 14.9. The topological polar surface area (TPSA) is 96.2 Å². The highest BCUT2D eigenvalue weighted by Gasteiger charge is 2.30. The highest BCUT2D eigenvalue weighted by Crippen LogP contribution is 2.30. The Morgan fingerprint density at radius 3 is 2.69 bits per heavy atom. The highest BCUT2D eigenvalue weighted by atomic mass is 32.2. The van der Waals surface area contributed by atoms with Crippen molar-refractivity contribution in [3.05, 3.63) is 41.7 Å². The van der Waals surface area contributed by atoms with Crippen LogP contribution in [0.3, 0.4) is 0 Å². The molecule has 0 atom stereocenters. The minimum atomic E-state index is -4.50. The van der Waals surface area contributed by atoms with Gasteiger partial charge in [-0.2, -0.15) is 13.2 Å². The summed E-state index contributed by atoms with van der Waals surface area (Å²) in [6.45, 7) is 2.04. The summed E-state index contributed by atoms with van der Waals surface area (Å²) in [6.07, 6.45) is -2.32. The maximum atomic E-state index is 12.8. The number of nitrogens with one attached hydrogen (secondary N) is 2. The minimum Gasteiger partial charge on any atom is -0.390 e. The number of carbonyl (C=O) groups is 2. The number of carbonyl (C=O) groups excluding carboxylic acids is 2. The average molecular weight is 430 g/mol. The molecule has 2 aromatic rings. The predicted molar refractivity (Wildman–Crippen MR) is 102 cm³/mol. The maximum Gasteiger partial charge on any atom is 0.416 e. The van der Waals surface area contributed by atoms with E-state index in [4.69, 9.17) is 0 Å². The molecule has 0 saturated carbocycles. The van der Waals surface area contributed by atoms with Gasteiger partial charge >= 0.3 is 6.18 Å². The van der Waals surface area contributed by atoms with E-state index < -0.39 is 17.6 Å². The van der Waals surface area contributed by atoms with Gasteiger partial charge in [-0.25, -0.2) is 4.98 Å². The Kier molecular flexibility index (Phi) is 8.09. The van der Waals surface area contributed by atoms with E-state index in [2.05, 4.69) is 15.6 Å². The summed E-state index contributed by atoms with van der Waals surface area (Å²) in [6, 6.07) is 4.34. The smallest absolute Gasteiger partial charge is 0.390 e. The number of aliphatic hydroxyl groups excluding tert-OH is 1. The molecule has 0 fully saturated rings. The molecule has 29 heavy (non-hydrogen) atoms. The Bertz CT molecular complexity index is 855. The number of rotatable bonds is 9. The van der Waals surface area contributed by atoms with Gasteiger partial charge in [-0.15, -0.1) is 0 Å². The van der Waals surface area contributed by atoms with Gasteiger partial charge in [0.05, 0.1) is 29.8 Å². The molecule has 0 aliphatic carbocycles. The molecule has 0 aliphatic rings. The number of thioether (sulfide) groups is 1. The minimum absolute atomic E-state index is 0.0313. The van der Waals surface area contributed by atoms with Crippen molar-refractivity contribution in [1.82, 2.24) is 14.9 Å². The quantitative estimate of drug-likeness (QED) is 0.532. The van der Waals surface area contributed by atoms with Crippen LogP contribution in [0.1, 0.15) is 24.6 Å². The van der Waals surface area contributed by atoms with E-state index in [9.17, 15) is 27.9 Å². The van der Waals surface area contributed by atoms with E-state index in [1.807, 2.05) is 6.92 Å². The monoisotopic (exact) mass is 430 g/mol. The van der Waals surface area contributed by atoms with Gasteiger partial charge in [-0.3, -0.25) is 9.59 Å². The average Bonchev–Trinajstić information content (AvgIpc) is 3.05. The van der Waals surface area contributed by atoms with Crippen molar-refractivity contribution >= 4 is 29.3 Å². The molecule has 0 spiro atoms. The fourth-order valence-corrected chi connectivity index (χ4v) is 3.16. The van der Waals surface area contributed by atoms with Crippen LogP contribution in [0.2, 0.25) is 0 Å². The molecule has 0 unspecified atom stereocenters. The van der Waals surface area contributed by atoms with E-state index in [0.29, 0.717) is 17.4 Å². The molecule has 0 saturated heterocycles. The van der Waals surface area contributed by atoms with Gasteiger partial charge in [0.25, 0.3) is 0 Å². The second kappa shape index (κ2) is 10.3. The Morgan fingerprint density at radius 2 is 2.03 bits per heavy atom. The molecule has 1 aromatic carbocycles. The lowest BCUT2D eigenvalue weighted by Crippen LogP contribution is -2.29. The Labute approximate surface area is 169 Å². The SMILES string of the molecule is CCCNC(=O)Cn1c(CO)cnc1SCC(=O)Nc1cccc(C(F)(F)F)c1. The number of alkyl halides is 3. The maximum absolute atomic E-state index is 12.8. The predicted octanol–water partition coefficient (Wildman–Crippen LogP) is 2.65. The number of amides is 2. The first-order chi connectivity index (χ1) is 13.7. The highest BCUT2D eigenvalue weighted by molar-refractivity contribution is 7.99. The van der Waals surface area contributed by atoms with Gasteiger partial charge in [0.1, 0.15) is 6.54 Å². The number of benzene rings is 1. The number of nitrogens with zero attached hydrogens (tertiary/aromatic N) is 2. The molecule has 3 N–H and O–H groups in total. The fourth-order valence-electron chi connectivity index (χ4n) is 2.37. The third kappa shape index (κ3) is 6.79. The van der Waals surface area contributed by atoms with Crippen LogP contribution in [0.5, 0.6) is 0 Å². The lowest BCUT2D eigenvalue weighted by Gasteiger charge is -2.11. The van der Waals surface area contributed by atoms with Gasteiger partial charge in [0.15, 0.2) is 5.16 Å². The van der Waals surface area contributed by atoms with E-state index in [0.717, 1.165) is 30.3 Å². The number of aliphatic hydroxyl groups is 1. The molecule has 0 radical (unpaired) electrons. The molecular formula is C18H21F3N4O3S. The van der Waals surface area contributed by atoms with E-state index in [1.54, 1.807) is 0 Å². The molecule has 1 aromatic heterocycles. The first kappa shape index (κ1) is 22.8. The van der Waals surface area contributed by atoms with E-state index in [-0.39, 0.29) is 30.5 Å². The van der Waals surface area contributed by atoms with Crippen LogP contribution < -0.4 is 10.6 Å². The Hall–Kier alpha value is -2.53. The van der Waals surface area contributed by atoms with E-state index in [1.165, 1.54) is 22.9 Å². The van der Waals surface area contributed by atoms with Crippen LogP contribution in [-0.2, 0) is 28.9 Å². The molecule has 1 heterocycles. The molecule has 2 amide bonds. The Balaban J connectivity index is 2.00. The molecule has 7 nitrogen and oxygen atoms in total. The molecule has 0 bridgehead atoms. The molecule has 158 valence electrons. The van der Waals surface area contributed by atoms with Crippen molar-refractivity contribution in [3.8, 4) is 0 Å². The first-order valence-corrected chi connectivity index (χ1v) is 9.75. The number of hydrogen-bond acceptors (Lipinski definition) is 5. The number of imidazole rings is 1. The van der Waals surface area contributed by atoms with Crippen molar-refractivity contribution in [1.29, 1.82) is 0 Å². The first-order valence-electron chi connectivity index (χ1n) is 8.76. The second-order valence-corrected chi connectivity index (χ2v) is 6.98. The van der Waals surface area contributed by atoms with Crippen molar-refractivity contribution in [2.75, 3.05) is 17.6 Å². The van der Waals surface area contributed by atoms with Crippen LogP contribution in [0, 0.1) is 0 Å². The zero-order valence-electron chi connectivity index (χ0n) is 15.6. The Morgan fingerprint density at radius 1 is 1.28 bits per heavy atom. The zero-order chi connectivity index (χ0) is 21.4. The third-order valence-corrected chi connectivity index (χ3v) is 4.73. The van der Waals surface area contributed by atoms with Gasteiger partial charge in [-0.1, -0.05) is 24.8 Å². The molecule has 11 heteroatoms. The summed E-state index contributed by atoms with van der Waals surface area (Å²) < 4.78 is 39.8. The van der Waals surface area contributed by atoms with Crippen LogP contribution >= 0.6 is 11.8 Å². The lowest BCUT2D eigenvalue weighted by atomic mass is 10.2. The van der Waals surface area contributed by atoms with Gasteiger partial charge < -0.3 is 20.3 Å². The summed E-state index contributed by atoms with van der Waals surface area (Å²) in [5.41, 5.74) is -0.412. The summed E-state index contributed by atoms with van der Waals surface area (Å²) >= 11 is 1.01.